The van der Waals surface area contributed by atoms with Crippen LogP contribution in [0.5, 0.6) is 0 Å². The molecule has 27 N–H and O–H groups in total. The van der Waals surface area contributed by atoms with Crippen LogP contribution in [-0.4, -0.2) is 333 Å². The monoisotopic (exact) mass is 1550 g/mol. The lowest BCUT2D eigenvalue weighted by Crippen LogP contribution is -2.68. The Morgan fingerprint density at radius 1 is 0.519 bits per heavy atom. The maximum atomic E-state index is 14.6. The molecule has 47 nitrogen and oxygen atoms in total. The Kier molecular flexibility index (Phi) is 38.1. The van der Waals surface area contributed by atoms with Crippen LogP contribution in [0.4, 0.5) is 0 Å². The number of imidazole rings is 1. The summed E-state index contributed by atoms with van der Waals surface area (Å²) in [6, 6.07) is -21.3. The Labute approximate surface area is 614 Å². The number of rotatable bonds is 45. The zero-order valence-corrected chi connectivity index (χ0v) is 59.5. The Morgan fingerprint density at radius 2 is 1.00 bits per heavy atom. The molecule has 0 aromatic carbocycles. The lowest BCUT2D eigenvalue weighted by Gasteiger charge is -2.47. The Morgan fingerprint density at radius 3 is 1.48 bits per heavy atom. The number of nitrogens with one attached hydrogen (secondary N) is 13. The number of hydrogen-bond acceptors (Lipinski definition) is 30. The average molecular weight is 1550 g/mol. The number of ether oxygens (including phenoxy) is 4. The molecule has 108 heavy (non-hydrogen) atoms. The number of carbonyl (C=O) groups is 16. The first kappa shape index (κ1) is 92.4. The number of amides is 12. The number of H-pyrrole nitrogens is 1. The second kappa shape index (κ2) is 44.5. The van der Waals surface area contributed by atoms with Gasteiger partial charge >= 0.3 is 23.9 Å². The SMILES string of the molecule is CC(=O)N[C@H]1[C@@H](OC[C@H](NC(=O)[C@H](CO)NC(=O)[C@@H](NC(=O)[C@H](C)NC(=O)[C@H](Cc2cnc[nH]2)NC(=O)[C@@H](N)CO)C(C)C)C(=O)N[C@@H](CC(=O)O)C(=O)NCC(=O)N[C@@H](CCC(=O)O)C(=O)N[C@@H](C)C(=O)N[C@H](C(=O)N[C@@H](CCC(=O)O)C(=O)O)C(C)C)O[C@H](CO)[C@H](O)[C@@H]1O[C@@H]1O[C@H](CO)[C@H](O)[C@H](O)[C@H]1O. The molecule has 1 aromatic rings. The summed E-state index contributed by atoms with van der Waals surface area (Å²) >= 11 is 0. The van der Waals surface area contributed by atoms with Gasteiger partial charge < -0.3 is 155 Å². The van der Waals surface area contributed by atoms with Gasteiger partial charge in [-0.3, -0.25) is 71.9 Å². The smallest absolute Gasteiger partial charge is 0.326 e. The largest absolute Gasteiger partial charge is 0.481 e. The highest BCUT2D eigenvalue weighted by Gasteiger charge is 2.52. The van der Waals surface area contributed by atoms with Gasteiger partial charge in [0.2, 0.25) is 70.9 Å². The van der Waals surface area contributed by atoms with Crippen molar-refractivity contribution in [2.75, 3.05) is 39.6 Å². The molecule has 2 fully saturated rings. The molecule has 1 aromatic heterocycles. The summed E-state index contributed by atoms with van der Waals surface area (Å²) in [7, 11) is 0. The number of nitrogens with zero attached hydrogens (tertiary/aromatic N) is 1. The second-order valence-electron chi connectivity index (χ2n) is 25.7. The topological polar surface area (TPSA) is 752 Å². The van der Waals surface area contributed by atoms with Crippen molar-refractivity contribution in [3.05, 3.63) is 18.2 Å². The molecule has 21 atom stereocenters. The van der Waals surface area contributed by atoms with E-state index in [0.717, 1.165) is 13.8 Å². The van der Waals surface area contributed by atoms with Crippen LogP contribution in [0.15, 0.2) is 12.5 Å². The number of carbonyl (C=O) groups excluding carboxylic acids is 12. The highest BCUT2D eigenvalue weighted by Crippen LogP contribution is 2.30. The number of hydrogen-bond donors (Lipinski definition) is 26. The van der Waals surface area contributed by atoms with E-state index in [1.54, 1.807) is 0 Å². The van der Waals surface area contributed by atoms with Crippen LogP contribution in [0, 0.1) is 11.8 Å². The number of aromatic amines is 1. The van der Waals surface area contributed by atoms with E-state index in [9.17, 15) is 133 Å². The third kappa shape index (κ3) is 29.1. The number of aliphatic hydroxyl groups is 8. The van der Waals surface area contributed by atoms with Gasteiger partial charge in [-0.2, -0.15) is 0 Å². The molecular formula is C61H97N15O32. The summed E-state index contributed by atoms with van der Waals surface area (Å²) in [6.45, 7) is 2.21. The molecule has 0 radical (unpaired) electrons. The van der Waals surface area contributed by atoms with Gasteiger partial charge in [-0.1, -0.05) is 27.7 Å². The minimum Gasteiger partial charge on any atom is -0.481 e. The zero-order valence-electron chi connectivity index (χ0n) is 59.5. The fourth-order valence-corrected chi connectivity index (χ4v) is 10.3. The van der Waals surface area contributed by atoms with Crippen molar-refractivity contribution in [2.24, 2.45) is 17.6 Å². The summed E-state index contributed by atoms with van der Waals surface area (Å²) < 4.78 is 22.8. The van der Waals surface area contributed by atoms with E-state index >= 15 is 0 Å². The van der Waals surface area contributed by atoms with E-state index in [2.05, 4.69) is 63.1 Å². The normalized spacial score (nSPS) is 22.8. The summed E-state index contributed by atoms with van der Waals surface area (Å²) in [5.74, 6) is -22.3. The van der Waals surface area contributed by atoms with E-state index in [4.69, 9.17) is 29.8 Å². The van der Waals surface area contributed by atoms with E-state index in [1.807, 2.05) is 10.6 Å². The summed E-state index contributed by atoms with van der Waals surface area (Å²) in [5, 5.41) is 148. The standard InChI is InChI=1S/C61H97N15O32/c1-22(2)41(57(101)70-30(59(103)104)9-11-39(85)86)75-49(93)24(5)66-53(97)29(8-10-38(83)84)69-37(82)15-64-52(96)32(13-40(87)88)72-56(100)34(20-105-60-43(68-26(7)81)48(45(90)36(19-80)106-60)108-61-47(92)46(91)44(89)35(18-79)107-61)74-55(99)33(17-78)73-58(102)42(23(3)4)76-50(94)25(6)67-54(98)31(12-27-14-63-21-65-27)71-51(95)28(62)16-77/h14,21-25,28-36,41-48,60-61,77-80,89-92H,8-13,15-20,62H2,1-7H3,(H,63,65)(H,64,96)(H,66,97)(H,67,98)(H,68,81)(H,69,82)(H,70,101)(H,71,95)(H,72,100)(H,73,102)(H,74,99)(H,75,93)(H,76,94)(H,83,84)(H,85,86)(H,87,88)(H,103,104)/t24-,25-,28-,29-,30-,31-,32-,33-,34-,35+,36+,41-,42-,43+,44-,45-,46-,47+,48+,60-,61-/m0/s1. The van der Waals surface area contributed by atoms with Crippen LogP contribution in [0.1, 0.15) is 86.3 Å². The van der Waals surface area contributed by atoms with Gasteiger partial charge in [0.15, 0.2) is 12.6 Å². The molecule has 0 saturated carbocycles. The molecule has 47 heteroatoms. The first-order chi connectivity index (χ1) is 50.6. The number of aliphatic carboxylic acids is 4. The van der Waals surface area contributed by atoms with Gasteiger partial charge in [0.1, 0.15) is 115 Å². The van der Waals surface area contributed by atoms with Crippen LogP contribution < -0.4 is 69.5 Å². The minimum absolute atomic E-state index is 0.221. The third-order valence-corrected chi connectivity index (χ3v) is 16.4. The number of carboxylic acid groups (broad SMARTS) is 4. The van der Waals surface area contributed by atoms with Crippen molar-refractivity contribution >= 4 is 94.8 Å². The lowest BCUT2D eigenvalue weighted by atomic mass is 9.95. The van der Waals surface area contributed by atoms with Gasteiger partial charge in [-0.05, 0) is 38.5 Å². The minimum atomic E-state index is -2.33. The molecule has 608 valence electrons. The van der Waals surface area contributed by atoms with Crippen LogP contribution in [-0.2, 0) is 102 Å². The van der Waals surface area contributed by atoms with Crippen molar-refractivity contribution in [3.63, 3.8) is 0 Å². The molecule has 2 aliphatic rings. The van der Waals surface area contributed by atoms with Crippen molar-refractivity contribution in [2.45, 2.75) is 215 Å². The van der Waals surface area contributed by atoms with Crippen molar-refractivity contribution in [1.29, 1.82) is 0 Å². The van der Waals surface area contributed by atoms with Crippen molar-refractivity contribution in [3.8, 4) is 0 Å². The fourth-order valence-electron chi connectivity index (χ4n) is 10.3. The van der Waals surface area contributed by atoms with Gasteiger partial charge in [0, 0.05) is 38.1 Å². The molecule has 2 aliphatic heterocycles. The predicted molar refractivity (Wildman–Crippen MR) is 355 cm³/mol. The van der Waals surface area contributed by atoms with Crippen LogP contribution >= 0.6 is 0 Å². The average Bonchev–Trinajstić information content (AvgIpc) is 0.919. The van der Waals surface area contributed by atoms with Crippen LogP contribution in [0.25, 0.3) is 0 Å². The number of aromatic nitrogens is 2. The summed E-state index contributed by atoms with van der Waals surface area (Å²) in [5.41, 5.74) is 5.96. The molecular weight excluding hydrogens is 1450 g/mol. The Bertz CT molecular complexity index is 3280. The van der Waals surface area contributed by atoms with Crippen LogP contribution in [0.3, 0.4) is 0 Å². The maximum Gasteiger partial charge on any atom is 0.326 e. The highest BCUT2D eigenvalue weighted by molar-refractivity contribution is 5.99. The maximum absolute atomic E-state index is 14.6. The van der Waals surface area contributed by atoms with Crippen molar-refractivity contribution < 1.29 is 157 Å². The zero-order chi connectivity index (χ0) is 81.7. The summed E-state index contributed by atoms with van der Waals surface area (Å²) in [4.78, 5) is 217. The van der Waals surface area contributed by atoms with E-state index < -0.39 is 306 Å². The molecule has 2 saturated heterocycles. The van der Waals surface area contributed by atoms with E-state index in [-0.39, 0.29) is 6.42 Å². The molecule has 12 amide bonds. The van der Waals surface area contributed by atoms with Gasteiger partial charge in [0.25, 0.3) is 0 Å². The van der Waals surface area contributed by atoms with E-state index in [1.165, 1.54) is 47.1 Å². The number of carboxylic acids is 4. The molecule has 3 heterocycles. The first-order valence-electron chi connectivity index (χ1n) is 33.5. The molecule has 0 bridgehead atoms. The predicted octanol–water partition coefficient (Wildman–Crippen LogP) is -13.3. The van der Waals surface area contributed by atoms with E-state index in [0.29, 0.717) is 5.69 Å². The fraction of sp³-hybridized carbons (Fsp3) is 0.689. The lowest BCUT2D eigenvalue weighted by molar-refractivity contribution is -0.345. The van der Waals surface area contributed by atoms with Gasteiger partial charge in [-0.15, -0.1) is 0 Å². The molecule has 0 unspecified atom stereocenters. The quantitative estimate of drug-likeness (QED) is 0.0288. The molecule has 0 aliphatic carbocycles. The third-order valence-electron chi connectivity index (χ3n) is 16.4. The van der Waals surface area contributed by atoms with Gasteiger partial charge in [-0.25, -0.2) is 9.78 Å². The Balaban J connectivity index is 1.99. The van der Waals surface area contributed by atoms with Crippen LogP contribution in [0.2, 0.25) is 0 Å². The van der Waals surface area contributed by atoms with Crippen molar-refractivity contribution in [1.82, 2.24) is 73.8 Å². The van der Waals surface area contributed by atoms with Gasteiger partial charge in [0.05, 0.1) is 52.3 Å². The Hall–Kier alpha value is -9.79. The highest BCUT2D eigenvalue weighted by atomic mass is 16.7. The number of aliphatic hydroxyl groups excluding tert-OH is 8. The molecule has 0 spiro atoms. The molecule has 3 rings (SSSR count). The second-order valence-corrected chi connectivity index (χ2v) is 25.7. The number of nitrogens with two attached hydrogens (primary N) is 1. The first-order valence-corrected chi connectivity index (χ1v) is 33.5. The summed E-state index contributed by atoms with van der Waals surface area (Å²) in [6.07, 6.45) is -19.4.